The number of aromatic hydroxyl groups is 1. The number of para-hydroxylation sites is 1. The molecule has 1 aromatic carbocycles. The minimum Gasteiger partial charge on any atom is -0.507 e. The Kier molecular flexibility index (Phi) is 8.00. The van der Waals surface area contributed by atoms with E-state index in [1.165, 1.54) is 26.4 Å². The third-order valence-corrected chi connectivity index (χ3v) is 2.53. The molecule has 1 atom stereocenters. The van der Waals surface area contributed by atoms with Crippen molar-refractivity contribution >= 4 is 11.9 Å². The monoisotopic (exact) mass is 268 g/mol. The molecule has 0 aliphatic rings. The Morgan fingerprint density at radius 2 is 1.79 bits per heavy atom. The summed E-state index contributed by atoms with van der Waals surface area (Å²) >= 11 is 0. The third-order valence-electron chi connectivity index (χ3n) is 2.53. The zero-order chi connectivity index (χ0) is 14.8. The van der Waals surface area contributed by atoms with Crippen LogP contribution in [0, 0.1) is 5.92 Å². The fourth-order valence-corrected chi connectivity index (χ4v) is 1.12. The van der Waals surface area contributed by atoms with Crippen LogP contribution in [0.1, 0.15) is 30.6 Å². The Labute approximate surface area is 113 Å². The van der Waals surface area contributed by atoms with Crippen molar-refractivity contribution in [3.63, 3.8) is 0 Å². The van der Waals surface area contributed by atoms with Crippen molar-refractivity contribution in [2.45, 2.75) is 20.3 Å². The summed E-state index contributed by atoms with van der Waals surface area (Å²) in [5.74, 6) is -0.644. The second-order valence-corrected chi connectivity index (χ2v) is 3.84. The van der Waals surface area contributed by atoms with Gasteiger partial charge in [-0.2, -0.15) is 0 Å². The molecule has 0 spiro atoms. The predicted octanol–water partition coefficient (Wildman–Crippen LogP) is 2.38. The number of carbonyl (C=O) groups is 2. The van der Waals surface area contributed by atoms with E-state index >= 15 is 0 Å². The molecule has 0 aliphatic heterocycles. The van der Waals surface area contributed by atoms with Crippen LogP contribution in [0.15, 0.2) is 24.3 Å². The van der Waals surface area contributed by atoms with Crippen molar-refractivity contribution in [1.29, 1.82) is 0 Å². The number of phenols is 1. The van der Waals surface area contributed by atoms with Gasteiger partial charge in [-0.3, -0.25) is 4.79 Å². The lowest BCUT2D eigenvalue weighted by Gasteiger charge is -2.02. The van der Waals surface area contributed by atoms with Gasteiger partial charge in [0.25, 0.3) is 0 Å². The minimum atomic E-state index is -0.525. The van der Waals surface area contributed by atoms with E-state index in [1.54, 1.807) is 12.1 Å². The average molecular weight is 268 g/mol. The fraction of sp³-hybridized carbons (Fsp3) is 0.429. The highest BCUT2D eigenvalue weighted by Gasteiger charge is 2.09. The quantitative estimate of drug-likeness (QED) is 0.852. The molecule has 5 nitrogen and oxygen atoms in total. The summed E-state index contributed by atoms with van der Waals surface area (Å²) in [4.78, 5) is 21.4. The molecule has 0 aromatic heterocycles. The van der Waals surface area contributed by atoms with Gasteiger partial charge in [0.05, 0.1) is 20.1 Å². The van der Waals surface area contributed by atoms with Gasteiger partial charge in [0.2, 0.25) is 0 Å². The number of hydrogen-bond acceptors (Lipinski definition) is 5. The van der Waals surface area contributed by atoms with Gasteiger partial charge in [0.1, 0.15) is 11.3 Å². The van der Waals surface area contributed by atoms with Crippen LogP contribution in [0.4, 0.5) is 0 Å². The summed E-state index contributed by atoms with van der Waals surface area (Å²) in [5.41, 5.74) is 0.190. The first-order chi connectivity index (χ1) is 8.97. The van der Waals surface area contributed by atoms with E-state index in [4.69, 9.17) is 5.11 Å². The average Bonchev–Trinajstić information content (AvgIpc) is 2.45. The van der Waals surface area contributed by atoms with E-state index in [0.29, 0.717) is 0 Å². The lowest BCUT2D eigenvalue weighted by molar-refractivity contribution is -0.144. The van der Waals surface area contributed by atoms with E-state index in [9.17, 15) is 9.59 Å². The Hall–Kier alpha value is -2.04. The zero-order valence-corrected chi connectivity index (χ0v) is 11.7. The summed E-state index contributed by atoms with van der Waals surface area (Å²) in [6.07, 6.45) is 0.854. The summed E-state index contributed by atoms with van der Waals surface area (Å²) in [7, 11) is 2.68. The summed E-state index contributed by atoms with van der Waals surface area (Å²) in [6.45, 7) is 3.81. The van der Waals surface area contributed by atoms with Crippen molar-refractivity contribution in [3.8, 4) is 5.75 Å². The molecule has 1 N–H and O–H groups in total. The molecule has 0 saturated heterocycles. The molecule has 0 radical (unpaired) electrons. The number of methoxy groups -OCH3 is 2. The van der Waals surface area contributed by atoms with Crippen LogP contribution in [-0.2, 0) is 14.3 Å². The molecule has 0 fully saturated rings. The van der Waals surface area contributed by atoms with Crippen LogP contribution in [0.2, 0.25) is 0 Å². The Morgan fingerprint density at radius 3 is 2.16 bits per heavy atom. The van der Waals surface area contributed by atoms with Gasteiger partial charge in [-0.05, 0) is 18.6 Å². The molecular formula is C14H20O5. The summed E-state index contributed by atoms with van der Waals surface area (Å²) in [5, 5.41) is 9.11. The number of ether oxygens (including phenoxy) is 2. The number of hydrogen-bond donors (Lipinski definition) is 1. The number of esters is 2. The van der Waals surface area contributed by atoms with E-state index in [1.807, 2.05) is 13.8 Å². The van der Waals surface area contributed by atoms with Gasteiger partial charge >= 0.3 is 11.9 Å². The largest absolute Gasteiger partial charge is 0.507 e. The molecule has 1 aromatic rings. The zero-order valence-electron chi connectivity index (χ0n) is 11.7. The predicted molar refractivity (Wildman–Crippen MR) is 70.9 cm³/mol. The molecule has 0 bridgehead atoms. The maximum atomic E-state index is 10.9. The molecule has 106 valence electrons. The first-order valence-corrected chi connectivity index (χ1v) is 5.92. The van der Waals surface area contributed by atoms with Gasteiger partial charge < -0.3 is 14.6 Å². The Morgan fingerprint density at radius 1 is 1.21 bits per heavy atom. The van der Waals surface area contributed by atoms with Gasteiger partial charge in [0, 0.05) is 0 Å². The molecular weight excluding hydrogens is 248 g/mol. The van der Waals surface area contributed by atoms with Gasteiger partial charge in [-0.15, -0.1) is 0 Å². The lowest BCUT2D eigenvalue weighted by atomic mass is 10.1. The number of benzene rings is 1. The van der Waals surface area contributed by atoms with E-state index in [2.05, 4.69) is 9.47 Å². The molecule has 5 heteroatoms. The van der Waals surface area contributed by atoms with Crippen molar-refractivity contribution in [2.24, 2.45) is 5.92 Å². The van der Waals surface area contributed by atoms with Crippen LogP contribution in [-0.4, -0.2) is 31.3 Å². The van der Waals surface area contributed by atoms with Gasteiger partial charge in [0.15, 0.2) is 0 Å². The lowest BCUT2D eigenvalue weighted by Crippen LogP contribution is -2.10. The van der Waals surface area contributed by atoms with E-state index in [0.717, 1.165) is 6.42 Å². The van der Waals surface area contributed by atoms with Crippen LogP contribution in [0.3, 0.4) is 0 Å². The first kappa shape index (κ1) is 17.0. The number of rotatable bonds is 3. The highest BCUT2D eigenvalue weighted by molar-refractivity contribution is 5.92. The highest BCUT2D eigenvalue weighted by Crippen LogP contribution is 2.15. The molecule has 1 rings (SSSR count). The Balaban J connectivity index is 0.000000362. The van der Waals surface area contributed by atoms with Crippen molar-refractivity contribution < 1.29 is 24.2 Å². The van der Waals surface area contributed by atoms with Crippen molar-refractivity contribution in [1.82, 2.24) is 0 Å². The fourth-order valence-electron chi connectivity index (χ4n) is 1.12. The smallest absolute Gasteiger partial charge is 0.341 e. The summed E-state index contributed by atoms with van der Waals surface area (Å²) in [6, 6.07) is 6.24. The minimum absolute atomic E-state index is 0.0556. The van der Waals surface area contributed by atoms with Crippen LogP contribution < -0.4 is 0 Å². The second kappa shape index (κ2) is 8.97. The van der Waals surface area contributed by atoms with Gasteiger partial charge in [-0.25, -0.2) is 4.79 Å². The van der Waals surface area contributed by atoms with Crippen LogP contribution in [0.5, 0.6) is 5.75 Å². The van der Waals surface area contributed by atoms with Crippen LogP contribution in [0.25, 0.3) is 0 Å². The standard InChI is InChI=1S/C8H8O3.C6H12O2/c1-11-8(10)6-4-2-3-5-7(6)9;1-4-5(2)6(7)8-3/h2-5,9H,1H3;5H,4H2,1-3H3. The number of carbonyl (C=O) groups excluding carboxylic acids is 2. The van der Waals surface area contributed by atoms with Gasteiger partial charge in [-0.1, -0.05) is 26.0 Å². The van der Waals surface area contributed by atoms with Crippen molar-refractivity contribution in [3.05, 3.63) is 29.8 Å². The number of phenolic OH excluding ortho intramolecular Hbond substituents is 1. The van der Waals surface area contributed by atoms with Crippen molar-refractivity contribution in [2.75, 3.05) is 14.2 Å². The molecule has 0 saturated carbocycles. The summed E-state index contributed by atoms with van der Waals surface area (Å²) < 4.78 is 8.88. The molecule has 0 heterocycles. The third kappa shape index (κ3) is 5.90. The first-order valence-electron chi connectivity index (χ1n) is 5.92. The molecule has 19 heavy (non-hydrogen) atoms. The highest BCUT2D eigenvalue weighted by atomic mass is 16.5. The maximum absolute atomic E-state index is 10.9. The molecule has 1 unspecified atom stereocenters. The topological polar surface area (TPSA) is 72.8 Å². The molecule has 0 amide bonds. The SMILES string of the molecule is CCC(C)C(=O)OC.COC(=O)c1ccccc1O. The second-order valence-electron chi connectivity index (χ2n) is 3.84. The normalized spacial score (nSPS) is 10.7. The van der Waals surface area contributed by atoms with E-state index in [-0.39, 0.29) is 23.2 Å². The van der Waals surface area contributed by atoms with E-state index < -0.39 is 5.97 Å². The van der Waals surface area contributed by atoms with Crippen LogP contribution >= 0.6 is 0 Å². The maximum Gasteiger partial charge on any atom is 0.341 e. The molecule has 0 aliphatic carbocycles. The Bertz CT molecular complexity index is 414.